The van der Waals surface area contributed by atoms with Crippen LogP contribution in [0.5, 0.6) is 0 Å². The molecule has 4 heteroatoms. The fourth-order valence-electron chi connectivity index (χ4n) is 2.17. The monoisotopic (exact) mass is 225 g/mol. The van der Waals surface area contributed by atoms with Crippen molar-refractivity contribution >= 4 is 11.9 Å². The second-order valence-corrected chi connectivity index (χ2v) is 5.83. The molecule has 4 nitrogen and oxygen atoms in total. The second-order valence-electron chi connectivity index (χ2n) is 5.83. The first-order valence-electron chi connectivity index (χ1n) is 5.85. The number of ether oxygens (including phenoxy) is 1. The summed E-state index contributed by atoms with van der Waals surface area (Å²) in [4.78, 5) is 25.0. The van der Waals surface area contributed by atoms with Gasteiger partial charge >= 0.3 is 6.09 Å². The number of nitrogens with zero attached hydrogens (tertiary/aromatic N) is 1. The Labute approximate surface area is 95.9 Å². The largest absolute Gasteiger partial charge is 0.444 e. The normalized spacial score (nSPS) is 23.4. The molecular formula is C12H19NO3. The Kier molecular flexibility index (Phi) is 2.48. The highest BCUT2D eigenvalue weighted by molar-refractivity contribution is 5.86. The number of carbonyl (C=O) groups is 2. The highest BCUT2D eigenvalue weighted by Gasteiger charge is 2.53. The first-order chi connectivity index (χ1) is 7.32. The van der Waals surface area contributed by atoms with E-state index in [-0.39, 0.29) is 24.0 Å². The summed E-state index contributed by atoms with van der Waals surface area (Å²) < 4.78 is 5.34. The maximum atomic E-state index is 12.0. The number of likely N-dealkylation sites (tertiary alicyclic amines) is 1. The van der Waals surface area contributed by atoms with Gasteiger partial charge in [-0.15, -0.1) is 0 Å². The third-order valence-electron chi connectivity index (χ3n) is 3.22. The fraction of sp³-hybridized carbons (Fsp3) is 0.833. The zero-order chi connectivity index (χ0) is 12.0. The van der Waals surface area contributed by atoms with E-state index < -0.39 is 5.60 Å². The smallest absolute Gasteiger partial charge is 0.411 e. The number of Topliss-reactive ketones (excluding diaryl/α,β-unsaturated/α-hetero) is 1. The lowest BCUT2D eigenvalue weighted by Crippen LogP contribution is -2.50. The molecule has 1 saturated heterocycles. The van der Waals surface area contributed by atoms with E-state index in [2.05, 4.69) is 0 Å². The van der Waals surface area contributed by atoms with Crippen molar-refractivity contribution in [3.8, 4) is 0 Å². The first kappa shape index (κ1) is 11.4. The maximum Gasteiger partial charge on any atom is 0.411 e. The van der Waals surface area contributed by atoms with Crippen LogP contribution in [0.15, 0.2) is 0 Å². The summed E-state index contributed by atoms with van der Waals surface area (Å²) in [5.74, 6) is 0.142. The number of rotatable bonds is 0. The summed E-state index contributed by atoms with van der Waals surface area (Å²) in [7, 11) is 0. The average Bonchev–Trinajstić information content (AvgIpc) is 2.88. The van der Waals surface area contributed by atoms with E-state index in [1.165, 1.54) is 0 Å². The van der Waals surface area contributed by atoms with Crippen molar-refractivity contribution in [1.29, 1.82) is 0 Å². The Morgan fingerprint density at radius 2 is 1.94 bits per heavy atom. The number of amides is 1. The van der Waals surface area contributed by atoms with E-state index in [9.17, 15) is 9.59 Å². The van der Waals surface area contributed by atoms with E-state index in [1.54, 1.807) is 4.90 Å². The van der Waals surface area contributed by atoms with Gasteiger partial charge in [0.1, 0.15) is 5.60 Å². The standard InChI is InChI=1S/C12H19NO3/c1-11(2,3)16-10(15)13-8-9(14)4-5-12(13)6-7-12/h4-8H2,1-3H3. The van der Waals surface area contributed by atoms with Crippen LogP contribution < -0.4 is 0 Å². The molecule has 1 spiro atoms. The Balaban J connectivity index is 2.06. The number of ketones is 1. The average molecular weight is 225 g/mol. The quantitative estimate of drug-likeness (QED) is 0.634. The van der Waals surface area contributed by atoms with E-state index >= 15 is 0 Å². The Hall–Kier alpha value is -1.06. The lowest BCUT2D eigenvalue weighted by molar-refractivity contribution is -0.124. The zero-order valence-corrected chi connectivity index (χ0v) is 10.2. The molecule has 1 aliphatic heterocycles. The molecule has 1 heterocycles. The minimum atomic E-state index is -0.492. The molecule has 0 bridgehead atoms. The van der Waals surface area contributed by atoms with Gasteiger partial charge in [0.2, 0.25) is 0 Å². The molecule has 0 atom stereocenters. The summed E-state index contributed by atoms with van der Waals surface area (Å²) >= 11 is 0. The van der Waals surface area contributed by atoms with Crippen LogP contribution in [0.2, 0.25) is 0 Å². The van der Waals surface area contributed by atoms with E-state index in [1.807, 2.05) is 20.8 Å². The van der Waals surface area contributed by atoms with Crippen LogP contribution >= 0.6 is 0 Å². The van der Waals surface area contributed by atoms with E-state index in [4.69, 9.17) is 4.74 Å². The molecule has 1 amide bonds. The van der Waals surface area contributed by atoms with Crippen molar-refractivity contribution in [3.05, 3.63) is 0 Å². The predicted octanol–water partition coefficient (Wildman–Crippen LogP) is 2.12. The van der Waals surface area contributed by atoms with Gasteiger partial charge in [0.25, 0.3) is 0 Å². The van der Waals surface area contributed by atoms with Crippen LogP contribution in [0.3, 0.4) is 0 Å². The van der Waals surface area contributed by atoms with Crippen LogP contribution in [0.4, 0.5) is 4.79 Å². The number of carbonyl (C=O) groups excluding carboxylic acids is 2. The second kappa shape index (κ2) is 3.47. The summed E-state index contributed by atoms with van der Waals surface area (Å²) in [6.45, 7) is 5.76. The molecule has 0 radical (unpaired) electrons. The highest BCUT2D eigenvalue weighted by atomic mass is 16.6. The zero-order valence-electron chi connectivity index (χ0n) is 10.2. The van der Waals surface area contributed by atoms with Crippen LogP contribution in [-0.2, 0) is 9.53 Å². The molecule has 1 saturated carbocycles. The minimum absolute atomic E-state index is 0.0454. The van der Waals surface area contributed by atoms with Crippen molar-refractivity contribution in [2.45, 2.75) is 57.6 Å². The molecule has 90 valence electrons. The SMILES string of the molecule is CC(C)(C)OC(=O)N1CC(=O)CCC12CC2. The molecule has 1 aliphatic carbocycles. The number of hydrogen-bond donors (Lipinski definition) is 0. The highest BCUT2D eigenvalue weighted by Crippen LogP contribution is 2.48. The van der Waals surface area contributed by atoms with Gasteiger partial charge in [-0.2, -0.15) is 0 Å². The summed E-state index contributed by atoms with van der Waals surface area (Å²) in [5.41, 5.74) is -0.538. The Morgan fingerprint density at radius 1 is 1.31 bits per heavy atom. The molecule has 2 aliphatic rings. The fourth-order valence-corrected chi connectivity index (χ4v) is 2.17. The van der Waals surface area contributed by atoms with Crippen LogP contribution in [0.1, 0.15) is 46.5 Å². The van der Waals surface area contributed by atoms with Gasteiger partial charge in [-0.25, -0.2) is 4.79 Å². The number of piperidine rings is 1. The van der Waals surface area contributed by atoms with Crippen molar-refractivity contribution in [2.24, 2.45) is 0 Å². The van der Waals surface area contributed by atoms with Gasteiger partial charge in [0.15, 0.2) is 5.78 Å². The topological polar surface area (TPSA) is 46.6 Å². The van der Waals surface area contributed by atoms with E-state index in [0.717, 1.165) is 19.3 Å². The third kappa shape index (κ3) is 2.20. The van der Waals surface area contributed by atoms with Crippen LogP contribution in [0, 0.1) is 0 Å². The van der Waals surface area contributed by atoms with Crippen LogP contribution in [-0.4, -0.2) is 34.5 Å². The molecule has 0 aromatic rings. The maximum absolute atomic E-state index is 12.0. The van der Waals surface area contributed by atoms with Gasteiger partial charge < -0.3 is 4.74 Å². The minimum Gasteiger partial charge on any atom is -0.444 e. The third-order valence-corrected chi connectivity index (χ3v) is 3.22. The molecule has 0 unspecified atom stereocenters. The Bertz CT molecular complexity index is 326. The summed E-state index contributed by atoms with van der Waals surface area (Å²) in [6.07, 6.45) is 3.11. The first-order valence-corrected chi connectivity index (χ1v) is 5.85. The molecular weight excluding hydrogens is 206 g/mol. The lowest BCUT2D eigenvalue weighted by Gasteiger charge is -2.36. The van der Waals surface area contributed by atoms with Crippen molar-refractivity contribution in [3.63, 3.8) is 0 Å². The van der Waals surface area contributed by atoms with Crippen LogP contribution in [0.25, 0.3) is 0 Å². The lowest BCUT2D eigenvalue weighted by atomic mass is 10.00. The molecule has 0 N–H and O–H groups in total. The van der Waals surface area contributed by atoms with Gasteiger partial charge in [-0.1, -0.05) is 0 Å². The van der Waals surface area contributed by atoms with Gasteiger partial charge in [-0.3, -0.25) is 9.69 Å². The molecule has 2 fully saturated rings. The molecule has 16 heavy (non-hydrogen) atoms. The predicted molar refractivity (Wildman–Crippen MR) is 59.1 cm³/mol. The molecule has 0 aromatic heterocycles. The number of hydrogen-bond acceptors (Lipinski definition) is 3. The molecule has 2 rings (SSSR count). The van der Waals surface area contributed by atoms with E-state index in [0.29, 0.717) is 6.42 Å². The van der Waals surface area contributed by atoms with Gasteiger partial charge in [0, 0.05) is 12.0 Å². The molecule has 0 aromatic carbocycles. The van der Waals surface area contributed by atoms with Crippen molar-refractivity contribution in [2.75, 3.05) is 6.54 Å². The van der Waals surface area contributed by atoms with Crippen molar-refractivity contribution in [1.82, 2.24) is 4.90 Å². The summed E-state index contributed by atoms with van der Waals surface area (Å²) in [5, 5.41) is 0. The summed E-state index contributed by atoms with van der Waals surface area (Å²) in [6, 6.07) is 0. The van der Waals surface area contributed by atoms with Gasteiger partial charge in [0.05, 0.1) is 6.54 Å². The Morgan fingerprint density at radius 3 is 2.44 bits per heavy atom. The van der Waals surface area contributed by atoms with Gasteiger partial charge in [-0.05, 0) is 40.0 Å². The van der Waals surface area contributed by atoms with Crippen molar-refractivity contribution < 1.29 is 14.3 Å².